The number of hydrogen-bond acceptors (Lipinski definition) is 5. The Morgan fingerprint density at radius 3 is 2.38 bits per heavy atom. The lowest BCUT2D eigenvalue weighted by molar-refractivity contribution is -0.140. The molecule has 0 aromatic heterocycles. The number of amides is 2. The Morgan fingerprint density at radius 2 is 1.72 bits per heavy atom. The quantitative estimate of drug-likeness (QED) is 0.427. The van der Waals surface area contributed by atoms with Crippen LogP contribution in [0.25, 0.3) is 0 Å². The summed E-state index contributed by atoms with van der Waals surface area (Å²) in [6, 6.07) is 15.2. The van der Waals surface area contributed by atoms with Crippen molar-refractivity contribution in [3.63, 3.8) is 0 Å². The van der Waals surface area contributed by atoms with E-state index in [9.17, 15) is 9.59 Å². The number of carbonyl (C=O) groups excluding carboxylic acids is 2. The van der Waals surface area contributed by atoms with Gasteiger partial charge in [-0.2, -0.15) is 5.10 Å². The average Bonchev–Trinajstić information content (AvgIpc) is 2.67. The average molecular weight is 397 g/mol. The molecule has 7 nitrogen and oxygen atoms in total. The Balaban J connectivity index is 2.00. The second kappa shape index (κ2) is 10.3. The molecule has 0 heterocycles. The van der Waals surface area contributed by atoms with Crippen LogP contribution in [0.4, 0.5) is 0 Å². The van der Waals surface area contributed by atoms with Crippen LogP contribution in [0, 0.1) is 0 Å². The molecule has 0 radical (unpaired) electrons. The van der Waals surface area contributed by atoms with Crippen molar-refractivity contribution in [2.45, 2.75) is 39.8 Å². The second-order valence-electron chi connectivity index (χ2n) is 7.32. The summed E-state index contributed by atoms with van der Waals surface area (Å²) in [5.74, 6) is -0.385. The van der Waals surface area contributed by atoms with Crippen LogP contribution < -0.4 is 20.2 Å². The van der Waals surface area contributed by atoms with Gasteiger partial charge in [0.15, 0.2) is 11.5 Å². The SMILES string of the molecule is CCOc1cc(/C=N/NC(=O)C(=O)NC(C)(C)C)ccc1OCc1ccccc1. The normalized spacial score (nSPS) is 11.2. The second-order valence-corrected chi connectivity index (χ2v) is 7.32. The lowest BCUT2D eigenvalue weighted by Gasteiger charge is -2.19. The molecule has 7 heteroatoms. The van der Waals surface area contributed by atoms with Crippen LogP contribution in [0.3, 0.4) is 0 Å². The summed E-state index contributed by atoms with van der Waals surface area (Å²) < 4.78 is 11.5. The van der Waals surface area contributed by atoms with E-state index in [0.717, 1.165) is 5.56 Å². The molecule has 2 rings (SSSR count). The van der Waals surface area contributed by atoms with Gasteiger partial charge in [0.2, 0.25) is 0 Å². The minimum absolute atomic E-state index is 0.424. The van der Waals surface area contributed by atoms with Crippen molar-refractivity contribution < 1.29 is 19.1 Å². The Morgan fingerprint density at radius 1 is 1.00 bits per heavy atom. The molecule has 0 atom stereocenters. The maximum absolute atomic E-state index is 11.8. The largest absolute Gasteiger partial charge is 0.490 e. The number of ether oxygens (including phenoxy) is 2. The maximum Gasteiger partial charge on any atom is 0.329 e. The van der Waals surface area contributed by atoms with E-state index < -0.39 is 17.4 Å². The highest BCUT2D eigenvalue weighted by atomic mass is 16.5. The summed E-state index contributed by atoms with van der Waals surface area (Å²) in [6.45, 7) is 8.16. The molecule has 0 saturated heterocycles. The molecule has 2 aromatic rings. The van der Waals surface area contributed by atoms with Crippen LogP contribution in [0.1, 0.15) is 38.8 Å². The van der Waals surface area contributed by atoms with Crippen LogP contribution in [0.5, 0.6) is 11.5 Å². The molecule has 0 unspecified atom stereocenters. The summed E-state index contributed by atoms with van der Waals surface area (Å²) in [5, 5.41) is 6.40. The lowest BCUT2D eigenvalue weighted by Crippen LogP contribution is -2.47. The highest BCUT2D eigenvalue weighted by Crippen LogP contribution is 2.28. The molecule has 0 saturated carbocycles. The number of nitrogens with zero attached hydrogens (tertiary/aromatic N) is 1. The number of benzene rings is 2. The van der Waals surface area contributed by atoms with Gasteiger partial charge >= 0.3 is 11.8 Å². The highest BCUT2D eigenvalue weighted by molar-refractivity contribution is 6.35. The monoisotopic (exact) mass is 397 g/mol. The molecule has 0 bridgehead atoms. The summed E-state index contributed by atoms with van der Waals surface area (Å²) in [7, 11) is 0. The number of hydrazone groups is 1. The summed E-state index contributed by atoms with van der Waals surface area (Å²) in [4.78, 5) is 23.5. The molecular weight excluding hydrogens is 370 g/mol. The van der Waals surface area contributed by atoms with Crippen molar-refractivity contribution >= 4 is 18.0 Å². The summed E-state index contributed by atoms with van der Waals surface area (Å²) in [5.41, 5.74) is 3.46. The van der Waals surface area contributed by atoms with E-state index in [2.05, 4.69) is 15.8 Å². The Hall–Kier alpha value is -3.35. The van der Waals surface area contributed by atoms with Crippen LogP contribution >= 0.6 is 0 Å². The Bertz CT molecular complexity index is 858. The molecule has 29 heavy (non-hydrogen) atoms. The zero-order chi connectivity index (χ0) is 21.3. The third-order valence-electron chi connectivity index (χ3n) is 3.58. The van der Waals surface area contributed by atoms with E-state index in [1.807, 2.05) is 37.3 Å². The molecule has 154 valence electrons. The van der Waals surface area contributed by atoms with Gasteiger partial charge in [-0.3, -0.25) is 9.59 Å². The fourth-order valence-electron chi connectivity index (χ4n) is 2.34. The number of carbonyl (C=O) groups is 2. The topological polar surface area (TPSA) is 89.0 Å². The Labute approximate surface area is 171 Å². The first-order chi connectivity index (χ1) is 13.8. The van der Waals surface area contributed by atoms with Gasteiger partial charge in [-0.15, -0.1) is 0 Å². The highest BCUT2D eigenvalue weighted by Gasteiger charge is 2.19. The first kappa shape index (κ1) is 21.9. The zero-order valence-corrected chi connectivity index (χ0v) is 17.2. The van der Waals surface area contributed by atoms with Crippen LogP contribution in [0.2, 0.25) is 0 Å². The lowest BCUT2D eigenvalue weighted by atomic mass is 10.1. The fraction of sp³-hybridized carbons (Fsp3) is 0.318. The van der Waals surface area contributed by atoms with Crippen molar-refractivity contribution in [3.05, 3.63) is 59.7 Å². The predicted molar refractivity (Wildman–Crippen MR) is 112 cm³/mol. The van der Waals surface area contributed by atoms with Gasteiger partial charge < -0.3 is 14.8 Å². The molecule has 0 aliphatic carbocycles. The van der Waals surface area contributed by atoms with Crippen molar-refractivity contribution in [1.82, 2.24) is 10.7 Å². The van der Waals surface area contributed by atoms with Crippen molar-refractivity contribution in [2.24, 2.45) is 5.10 Å². The maximum atomic E-state index is 11.8. The fourth-order valence-corrected chi connectivity index (χ4v) is 2.34. The predicted octanol–water partition coefficient (Wildman–Crippen LogP) is 3.03. The minimum atomic E-state index is -0.830. The molecule has 2 aromatic carbocycles. The van der Waals surface area contributed by atoms with E-state index in [4.69, 9.17) is 9.47 Å². The van der Waals surface area contributed by atoms with Crippen molar-refractivity contribution in [1.29, 1.82) is 0 Å². The molecule has 0 aliphatic heterocycles. The van der Waals surface area contributed by atoms with Crippen molar-refractivity contribution in [3.8, 4) is 11.5 Å². The minimum Gasteiger partial charge on any atom is -0.490 e. The smallest absolute Gasteiger partial charge is 0.329 e. The van der Waals surface area contributed by atoms with Gasteiger partial charge in [-0.25, -0.2) is 5.43 Å². The van der Waals surface area contributed by atoms with E-state index >= 15 is 0 Å². The zero-order valence-electron chi connectivity index (χ0n) is 17.2. The van der Waals surface area contributed by atoms with Crippen LogP contribution in [-0.2, 0) is 16.2 Å². The van der Waals surface area contributed by atoms with E-state index in [1.54, 1.807) is 39.0 Å². The standard InChI is InChI=1S/C22H27N3O4/c1-5-28-19-13-17(14-23-25-21(27)20(26)24-22(2,3)4)11-12-18(19)29-15-16-9-7-6-8-10-16/h6-14H,5,15H2,1-4H3,(H,24,26)(H,25,27)/b23-14+. The van der Waals surface area contributed by atoms with Gasteiger partial charge in [0.05, 0.1) is 12.8 Å². The van der Waals surface area contributed by atoms with Gasteiger partial charge in [0.1, 0.15) is 6.61 Å². The summed E-state index contributed by atoms with van der Waals surface area (Å²) >= 11 is 0. The van der Waals surface area contributed by atoms with E-state index in [1.165, 1.54) is 6.21 Å². The molecule has 0 fully saturated rings. The molecule has 2 N–H and O–H groups in total. The summed E-state index contributed by atoms with van der Waals surface area (Å²) in [6.07, 6.45) is 1.44. The van der Waals surface area contributed by atoms with Gasteiger partial charge in [0, 0.05) is 5.54 Å². The third kappa shape index (κ3) is 7.65. The van der Waals surface area contributed by atoms with Gasteiger partial charge in [0.25, 0.3) is 0 Å². The third-order valence-corrected chi connectivity index (χ3v) is 3.58. The molecule has 0 spiro atoms. The van der Waals surface area contributed by atoms with Crippen molar-refractivity contribution in [2.75, 3.05) is 6.61 Å². The van der Waals surface area contributed by atoms with E-state index in [-0.39, 0.29) is 0 Å². The first-order valence-electron chi connectivity index (χ1n) is 9.37. The first-order valence-corrected chi connectivity index (χ1v) is 9.37. The van der Waals surface area contributed by atoms with Gasteiger partial charge in [-0.05, 0) is 57.0 Å². The number of rotatable bonds is 7. The Kier molecular flexibility index (Phi) is 7.77. The van der Waals surface area contributed by atoms with E-state index in [0.29, 0.717) is 30.3 Å². The molecular formula is C22H27N3O4. The van der Waals surface area contributed by atoms with Gasteiger partial charge in [-0.1, -0.05) is 30.3 Å². The van der Waals surface area contributed by atoms with Crippen LogP contribution in [-0.4, -0.2) is 30.2 Å². The molecule has 2 amide bonds. The van der Waals surface area contributed by atoms with Crippen LogP contribution in [0.15, 0.2) is 53.6 Å². The number of nitrogens with one attached hydrogen (secondary N) is 2. The number of hydrogen-bond donors (Lipinski definition) is 2. The molecule has 0 aliphatic rings.